The summed E-state index contributed by atoms with van der Waals surface area (Å²) in [5, 5.41) is 0. The lowest BCUT2D eigenvalue weighted by Crippen LogP contribution is -2.55. The molecule has 0 aromatic rings. The molecule has 4 aliphatic carbocycles. The first kappa shape index (κ1) is 9.64. The van der Waals surface area contributed by atoms with Gasteiger partial charge in [0.2, 0.25) is 0 Å². The molecule has 0 aromatic carbocycles. The molecule has 2 unspecified atom stereocenters. The maximum Gasteiger partial charge on any atom is 0.148 e. The molecule has 0 spiro atoms. The fourth-order valence-electron chi connectivity index (χ4n) is 5.43. The van der Waals surface area contributed by atoms with E-state index in [9.17, 15) is 4.79 Å². The van der Waals surface area contributed by atoms with Gasteiger partial charge in [0.15, 0.2) is 0 Å². The van der Waals surface area contributed by atoms with E-state index in [1.54, 1.807) is 6.92 Å². The predicted octanol–water partition coefficient (Wildman–Crippen LogP) is 2.23. The van der Waals surface area contributed by atoms with Gasteiger partial charge in [-0.1, -0.05) is 0 Å². The summed E-state index contributed by atoms with van der Waals surface area (Å²) in [6.07, 6.45) is 8.71. The summed E-state index contributed by atoms with van der Waals surface area (Å²) in [5.41, 5.74) is 0.477. The normalized spacial score (nSPS) is 57.7. The lowest BCUT2D eigenvalue weighted by Gasteiger charge is -2.57. The predicted molar refractivity (Wildman–Crippen MR) is 62.1 cm³/mol. The molecule has 2 nitrogen and oxygen atoms in total. The highest BCUT2D eigenvalue weighted by Crippen LogP contribution is 2.59. The molecule has 2 atom stereocenters. The van der Waals surface area contributed by atoms with Gasteiger partial charge >= 0.3 is 0 Å². The number of Topliss-reactive ketones (excluding diaryl/α,β-unsaturated/α-hetero) is 1. The Morgan fingerprint density at radius 2 is 1.56 bits per heavy atom. The Bertz CT molecular complexity index is 313. The van der Waals surface area contributed by atoms with E-state index in [0.717, 1.165) is 24.3 Å². The second-order valence-electron chi connectivity index (χ2n) is 6.92. The Morgan fingerprint density at radius 3 is 1.94 bits per heavy atom. The van der Waals surface area contributed by atoms with E-state index in [0.29, 0.717) is 17.4 Å². The third-order valence-electron chi connectivity index (χ3n) is 5.70. The highest BCUT2D eigenvalue weighted by molar-refractivity contribution is 5.84. The Hall–Kier alpha value is -0.370. The van der Waals surface area contributed by atoms with Crippen LogP contribution in [-0.4, -0.2) is 28.8 Å². The van der Waals surface area contributed by atoms with Crippen LogP contribution in [0.3, 0.4) is 0 Å². The van der Waals surface area contributed by atoms with Crippen LogP contribution in [0.4, 0.5) is 0 Å². The van der Waals surface area contributed by atoms with Crippen LogP contribution in [0, 0.1) is 17.8 Å². The highest BCUT2D eigenvalue weighted by atomic mass is 16.1. The van der Waals surface area contributed by atoms with Gasteiger partial charge in [-0.2, -0.15) is 0 Å². The van der Waals surface area contributed by atoms with E-state index < -0.39 is 0 Å². The maximum absolute atomic E-state index is 11.5. The molecule has 1 aliphatic heterocycles. The van der Waals surface area contributed by atoms with Crippen LogP contribution in [-0.2, 0) is 4.79 Å². The van der Waals surface area contributed by atoms with Gasteiger partial charge in [0.25, 0.3) is 0 Å². The fourth-order valence-corrected chi connectivity index (χ4v) is 5.43. The van der Waals surface area contributed by atoms with Gasteiger partial charge in [0.05, 0.1) is 6.04 Å². The summed E-state index contributed by atoms with van der Waals surface area (Å²) >= 11 is 0. The third-order valence-corrected chi connectivity index (χ3v) is 5.70. The van der Waals surface area contributed by atoms with E-state index in [-0.39, 0.29) is 0 Å². The van der Waals surface area contributed by atoms with Crippen LogP contribution in [0.1, 0.15) is 45.4 Å². The number of nitrogens with zero attached hydrogens (tertiary/aromatic N) is 1. The molecule has 0 amide bonds. The van der Waals surface area contributed by atoms with Crippen molar-refractivity contribution in [1.29, 1.82) is 0 Å². The maximum atomic E-state index is 11.5. The van der Waals surface area contributed by atoms with Crippen LogP contribution >= 0.6 is 0 Å². The Morgan fingerprint density at radius 1 is 1.06 bits per heavy atom. The summed E-state index contributed by atoms with van der Waals surface area (Å²) < 4.78 is 0. The van der Waals surface area contributed by atoms with Crippen molar-refractivity contribution >= 4 is 5.78 Å². The summed E-state index contributed by atoms with van der Waals surface area (Å²) in [6, 6.07) is 0.302. The molecule has 88 valence electrons. The van der Waals surface area contributed by atoms with Gasteiger partial charge in [-0.05, 0) is 63.2 Å². The van der Waals surface area contributed by atoms with Gasteiger partial charge in [-0.25, -0.2) is 0 Å². The summed E-state index contributed by atoms with van der Waals surface area (Å²) in [6.45, 7) is 2.84. The van der Waals surface area contributed by atoms with Gasteiger partial charge in [-0.15, -0.1) is 0 Å². The number of ketones is 1. The minimum Gasteiger partial charge on any atom is -0.298 e. The molecule has 2 heteroatoms. The number of carbonyl (C=O) groups excluding carboxylic acids is 1. The fraction of sp³-hybridized carbons (Fsp3) is 0.929. The van der Waals surface area contributed by atoms with E-state index in [4.69, 9.17) is 0 Å². The second-order valence-corrected chi connectivity index (χ2v) is 6.92. The zero-order chi connectivity index (χ0) is 10.9. The van der Waals surface area contributed by atoms with Gasteiger partial charge in [0.1, 0.15) is 5.78 Å². The molecule has 5 fully saturated rings. The largest absolute Gasteiger partial charge is 0.298 e. The summed E-state index contributed by atoms with van der Waals surface area (Å²) in [4.78, 5) is 14.0. The van der Waals surface area contributed by atoms with Crippen molar-refractivity contribution in [2.24, 2.45) is 17.8 Å². The zero-order valence-electron chi connectivity index (χ0n) is 10.1. The van der Waals surface area contributed by atoms with Crippen LogP contribution in [0.2, 0.25) is 0 Å². The molecule has 5 aliphatic rings. The molecule has 0 radical (unpaired) electrons. The monoisotopic (exact) mass is 219 g/mol. The molecule has 0 N–H and O–H groups in total. The van der Waals surface area contributed by atoms with Gasteiger partial charge in [-0.3, -0.25) is 9.69 Å². The molecular weight excluding hydrogens is 198 g/mol. The minimum absolute atomic E-state index is 0.302. The van der Waals surface area contributed by atoms with E-state index >= 15 is 0 Å². The molecule has 4 saturated carbocycles. The first-order chi connectivity index (χ1) is 7.66. The summed E-state index contributed by atoms with van der Waals surface area (Å²) in [5.74, 6) is 3.40. The topological polar surface area (TPSA) is 20.1 Å². The standard InChI is InChI=1S/C14H21NO/c1-9(16)13-8-15(13)14-5-10-2-11(6-14)4-12(3-10)7-14/h10-13H,2-8H2,1H3. The van der Waals surface area contributed by atoms with Gasteiger partial charge < -0.3 is 0 Å². The van der Waals surface area contributed by atoms with Crippen molar-refractivity contribution in [1.82, 2.24) is 4.90 Å². The summed E-state index contributed by atoms with van der Waals surface area (Å²) in [7, 11) is 0. The average Bonchev–Trinajstić information content (AvgIpc) is 2.94. The number of rotatable bonds is 2. The van der Waals surface area contributed by atoms with E-state index in [2.05, 4.69) is 4.90 Å². The van der Waals surface area contributed by atoms with Crippen LogP contribution in [0.15, 0.2) is 0 Å². The van der Waals surface area contributed by atoms with Crippen LogP contribution < -0.4 is 0 Å². The van der Waals surface area contributed by atoms with Crippen LogP contribution in [0.25, 0.3) is 0 Å². The number of carbonyl (C=O) groups is 1. The second kappa shape index (κ2) is 2.90. The van der Waals surface area contributed by atoms with Crippen molar-refractivity contribution in [2.75, 3.05) is 6.54 Å². The molecule has 4 bridgehead atoms. The van der Waals surface area contributed by atoms with Crippen molar-refractivity contribution in [3.05, 3.63) is 0 Å². The quantitative estimate of drug-likeness (QED) is 0.664. The Labute approximate surface area is 97.4 Å². The number of hydrogen-bond acceptors (Lipinski definition) is 2. The first-order valence-electron chi connectivity index (χ1n) is 6.93. The smallest absolute Gasteiger partial charge is 0.148 e. The molecule has 1 heterocycles. The first-order valence-corrected chi connectivity index (χ1v) is 6.93. The lowest BCUT2D eigenvalue weighted by molar-refractivity contribution is -0.119. The highest BCUT2D eigenvalue weighted by Gasteiger charge is 2.59. The lowest BCUT2D eigenvalue weighted by atomic mass is 9.53. The van der Waals surface area contributed by atoms with E-state index in [1.165, 1.54) is 38.5 Å². The third kappa shape index (κ3) is 1.20. The van der Waals surface area contributed by atoms with Crippen molar-refractivity contribution < 1.29 is 4.79 Å². The average molecular weight is 219 g/mol. The van der Waals surface area contributed by atoms with Crippen molar-refractivity contribution in [3.63, 3.8) is 0 Å². The SMILES string of the molecule is CC(=O)C1CN1C12CC3CC(CC(C3)C1)C2. The number of hydrogen-bond donors (Lipinski definition) is 0. The van der Waals surface area contributed by atoms with E-state index in [1.807, 2.05) is 0 Å². The zero-order valence-corrected chi connectivity index (χ0v) is 10.1. The molecular formula is C14H21NO. The Kier molecular flexibility index (Phi) is 1.75. The molecule has 16 heavy (non-hydrogen) atoms. The minimum atomic E-state index is 0.302. The molecule has 1 saturated heterocycles. The van der Waals surface area contributed by atoms with Crippen molar-refractivity contribution in [2.45, 2.75) is 57.0 Å². The van der Waals surface area contributed by atoms with Crippen molar-refractivity contribution in [3.8, 4) is 0 Å². The van der Waals surface area contributed by atoms with Crippen LogP contribution in [0.5, 0.6) is 0 Å². The van der Waals surface area contributed by atoms with Gasteiger partial charge in [0, 0.05) is 12.1 Å². The Balaban J connectivity index is 1.61. The molecule has 0 aromatic heterocycles. The molecule has 5 rings (SSSR count).